The molecule has 1 aliphatic rings. The van der Waals surface area contributed by atoms with Crippen LogP contribution >= 0.6 is 23.2 Å². The molecular weight excluding hydrogens is 311 g/mol. The lowest BCUT2D eigenvalue weighted by molar-refractivity contribution is 0.00519. The molecule has 1 fully saturated rings. The summed E-state index contributed by atoms with van der Waals surface area (Å²) in [4.78, 5) is 13.5. The number of benzene rings is 1. The van der Waals surface area contributed by atoms with Crippen molar-refractivity contribution < 1.29 is 9.53 Å². The van der Waals surface area contributed by atoms with E-state index in [0.717, 1.165) is 5.56 Å². The van der Waals surface area contributed by atoms with E-state index < -0.39 is 5.60 Å². The average molecular weight is 331 g/mol. The molecule has 0 unspecified atom stereocenters. The fourth-order valence-electron chi connectivity index (χ4n) is 2.02. The van der Waals surface area contributed by atoms with Gasteiger partial charge in [0.2, 0.25) is 0 Å². The van der Waals surface area contributed by atoms with Gasteiger partial charge in [-0.2, -0.15) is 0 Å². The molecular formula is C15H20Cl2N2O2. The van der Waals surface area contributed by atoms with Crippen molar-refractivity contribution in [1.82, 2.24) is 10.2 Å². The Labute approximate surface area is 135 Å². The van der Waals surface area contributed by atoms with E-state index in [9.17, 15) is 4.79 Å². The van der Waals surface area contributed by atoms with Crippen LogP contribution in [-0.2, 0) is 11.3 Å². The predicted octanol–water partition coefficient (Wildman–Crippen LogP) is 3.70. The van der Waals surface area contributed by atoms with Gasteiger partial charge in [-0.05, 0) is 44.5 Å². The van der Waals surface area contributed by atoms with Gasteiger partial charge in [-0.25, -0.2) is 4.79 Å². The summed E-state index contributed by atoms with van der Waals surface area (Å²) in [5, 5.41) is 4.72. The number of ether oxygens (including phenoxy) is 1. The molecule has 21 heavy (non-hydrogen) atoms. The summed E-state index contributed by atoms with van der Waals surface area (Å²) in [6.07, 6.45) is -0.263. The van der Waals surface area contributed by atoms with Crippen LogP contribution in [0.1, 0.15) is 26.3 Å². The number of nitrogens with one attached hydrogen (secondary N) is 1. The highest BCUT2D eigenvalue weighted by molar-refractivity contribution is 6.33. The highest BCUT2D eigenvalue weighted by atomic mass is 35.5. The summed E-state index contributed by atoms with van der Waals surface area (Å²) in [6.45, 7) is 7.51. The molecule has 1 N–H and O–H groups in total. The fraction of sp³-hybridized carbons (Fsp3) is 0.533. The maximum Gasteiger partial charge on any atom is 0.410 e. The monoisotopic (exact) mass is 330 g/mol. The second-order valence-corrected chi connectivity index (χ2v) is 7.04. The van der Waals surface area contributed by atoms with E-state index in [1.807, 2.05) is 26.8 Å². The molecule has 2 rings (SSSR count). The topological polar surface area (TPSA) is 41.6 Å². The summed E-state index contributed by atoms with van der Waals surface area (Å²) >= 11 is 12.1. The smallest absolute Gasteiger partial charge is 0.410 e. The van der Waals surface area contributed by atoms with Gasteiger partial charge in [-0.1, -0.05) is 23.2 Å². The van der Waals surface area contributed by atoms with Crippen molar-refractivity contribution in [1.29, 1.82) is 0 Å². The van der Waals surface area contributed by atoms with E-state index >= 15 is 0 Å². The van der Waals surface area contributed by atoms with Crippen molar-refractivity contribution in [3.63, 3.8) is 0 Å². The van der Waals surface area contributed by atoms with Crippen molar-refractivity contribution in [2.45, 2.75) is 39.0 Å². The SMILES string of the molecule is CC(C)(C)OC(=O)N1CC(NCc2cc(Cl)ccc2Cl)C1. The van der Waals surface area contributed by atoms with Crippen LogP contribution in [0.2, 0.25) is 10.0 Å². The molecule has 1 aromatic carbocycles. The number of likely N-dealkylation sites (tertiary alicyclic amines) is 1. The van der Waals surface area contributed by atoms with Crippen molar-refractivity contribution in [3.05, 3.63) is 33.8 Å². The number of carbonyl (C=O) groups is 1. The van der Waals surface area contributed by atoms with Crippen LogP contribution in [0, 0.1) is 0 Å². The molecule has 0 spiro atoms. The zero-order valence-corrected chi connectivity index (χ0v) is 14.0. The minimum Gasteiger partial charge on any atom is -0.444 e. The summed E-state index contributed by atoms with van der Waals surface area (Å²) in [6, 6.07) is 5.66. The molecule has 1 aromatic rings. The zero-order chi connectivity index (χ0) is 15.6. The first kappa shape index (κ1) is 16.4. The van der Waals surface area contributed by atoms with E-state index in [-0.39, 0.29) is 12.1 Å². The van der Waals surface area contributed by atoms with Gasteiger partial charge in [0.25, 0.3) is 0 Å². The maximum atomic E-state index is 11.8. The number of halogens is 2. The highest BCUT2D eigenvalue weighted by Crippen LogP contribution is 2.21. The van der Waals surface area contributed by atoms with Gasteiger partial charge < -0.3 is 15.0 Å². The van der Waals surface area contributed by atoms with Gasteiger partial charge in [0.15, 0.2) is 0 Å². The molecule has 4 nitrogen and oxygen atoms in total. The van der Waals surface area contributed by atoms with Crippen LogP contribution in [0.5, 0.6) is 0 Å². The van der Waals surface area contributed by atoms with Crippen LogP contribution in [0.3, 0.4) is 0 Å². The second-order valence-electron chi connectivity index (χ2n) is 6.20. The molecule has 1 saturated heterocycles. The summed E-state index contributed by atoms with van der Waals surface area (Å²) in [5.74, 6) is 0. The summed E-state index contributed by atoms with van der Waals surface area (Å²) in [7, 11) is 0. The van der Waals surface area contributed by atoms with Crippen molar-refractivity contribution in [2.24, 2.45) is 0 Å². The highest BCUT2D eigenvalue weighted by Gasteiger charge is 2.33. The summed E-state index contributed by atoms with van der Waals surface area (Å²) < 4.78 is 5.31. The van der Waals surface area contributed by atoms with E-state index in [0.29, 0.717) is 29.7 Å². The number of carbonyl (C=O) groups excluding carboxylic acids is 1. The van der Waals surface area contributed by atoms with Crippen molar-refractivity contribution >= 4 is 29.3 Å². The van der Waals surface area contributed by atoms with E-state index in [2.05, 4.69) is 5.32 Å². The second kappa shape index (κ2) is 6.42. The molecule has 0 radical (unpaired) electrons. The molecule has 0 atom stereocenters. The third-order valence-corrected chi connectivity index (χ3v) is 3.73. The Morgan fingerprint density at radius 1 is 1.38 bits per heavy atom. The van der Waals surface area contributed by atoms with Gasteiger partial charge in [0.1, 0.15) is 5.60 Å². The Bertz CT molecular complexity index is 523. The zero-order valence-electron chi connectivity index (χ0n) is 12.5. The first-order valence-electron chi connectivity index (χ1n) is 6.90. The molecule has 0 aliphatic carbocycles. The predicted molar refractivity (Wildman–Crippen MR) is 84.9 cm³/mol. The average Bonchev–Trinajstić information content (AvgIpc) is 2.29. The van der Waals surface area contributed by atoms with Crippen molar-refractivity contribution in [3.8, 4) is 0 Å². The largest absolute Gasteiger partial charge is 0.444 e. The van der Waals surface area contributed by atoms with Crippen LogP contribution in [0.25, 0.3) is 0 Å². The Balaban J connectivity index is 1.76. The van der Waals surface area contributed by atoms with Gasteiger partial charge in [0, 0.05) is 35.7 Å². The molecule has 1 heterocycles. The standard InChI is InChI=1S/C15H20Cl2N2O2/c1-15(2,3)21-14(20)19-8-12(9-19)18-7-10-6-11(16)4-5-13(10)17/h4-6,12,18H,7-9H2,1-3H3. The van der Waals surface area contributed by atoms with Crippen LogP contribution < -0.4 is 5.32 Å². The quantitative estimate of drug-likeness (QED) is 0.918. The molecule has 0 bridgehead atoms. The molecule has 116 valence electrons. The Morgan fingerprint density at radius 2 is 2.05 bits per heavy atom. The number of hydrogen-bond donors (Lipinski definition) is 1. The Hall–Kier alpha value is -0.970. The number of hydrogen-bond acceptors (Lipinski definition) is 3. The first-order chi connectivity index (χ1) is 9.74. The summed E-state index contributed by atoms with van der Waals surface area (Å²) in [5.41, 5.74) is 0.504. The van der Waals surface area contributed by atoms with E-state index in [1.165, 1.54) is 0 Å². The van der Waals surface area contributed by atoms with E-state index in [4.69, 9.17) is 27.9 Å². The van der Waals surface area contributed by atoms with Crippen LogP contribution in [0.4, 0.5) is 4.79 Å². The normalized spacial score (nSPS) is 15.8. The van der Waals surface area contributed by atoms with Gasteiger partial charge >= 0.3 is 6.09 Å². The van der Waals surface area contributed by atoms with Gasteiger partial charge in [0.05, 0.1) is 0 Å². The molecule has 1 aliphatic heterocycles. The minimum absolute atomic E-state index is 0.257. The van der Waals surface area contributed by atoms with Gasteiger partial charge in [-0.15, -0.1) is 0 Å². The van der Waals surface area contributed by atoms with Crippen LogP contribution in [0.15, 0.2) is 18.2 Å². The first-order valence-corrected chi connectivity index (χ1v) is 7.65. The fourth-order valence-corrected chi connectivity index (χ4v) is 2.40. The maximum absolute atomic E-state index is 11.8. The third kappa shape index (κ3) is 4.77. The molecule has 0 aromatic heterocycles. The van der Waals surface area contributed by atoms with Crippen molar-refractivity contribution in [2.75, 3.05) is 13.1 Å². The number of amides is 1. The number of nitrogens with zero attached hydrogens (tertiary/aromatic N) is 1. The third-order valence-electron chi connectivity index (χ3n) is 3.12. The van der Waals surface area contributed by atoms with Crippen LogP contribution in [-0.4, -0.2) is 35.7 Å². The Morgan fingerprint density at radius 3 is 2.67 bits per heavy atom. The minimum atomic E-state index is -0.454. The molecule has 1 amide bonds. The van der Waals surface area contributed by atoms with E-state index in [1.54, 1.807) is 17.0 Å². The van der Waals surface area contributed by atoms with Gasteiger partial charge in [-0.3, -0.25) is 0 Å². The lowest BCUT2D eigenvalue weighted by Gasteiger charge is -2.40. The lowest BCUT2D eigenvalue weighted by Crippen LogP contribution is -2.60. The lowest BCUT2D eigenvalue weighted by atomic mass is 10.1. The Kier molecular flexibility index (Phi) is 5.02. The molecule has 0 saturated carbocycles. The molecule has 6 heteroatoms. The number of rotatable bonds is 3.